The standard InChI is InChI=1S/C9H22OSi.3C4H10O.Zr/c1-4-7-11(10,8-5-2)9-6-3;3*1-4(2)3-5;/h10H,4-9H2,1-3H3;3*4-5H,3H2,1-2H3;. The molecule has 168 valence electrons. The summed E-state index contributed by atoms with van der Waals surface area (Å²) < 4.78 is 0. The molecular weight excluding hydrogens is 436 g/mol. The van der Waals surface area contributed by atoms with E-state index in [2.05, 4.69) is 20.8 Å². The Labute approximate surface area is 191 Å². The first-order valence-electron chi connectivity index (χ1n) is 10.5. The molecule has 0 rings (SSSR count). The SMILES string of the molecule is CC(C)CO.CC(C)CO.CC(C)CO.CCC[Si](O)(CCC)CCC.[Zr]. The molecule has 0 aromatic heterocycles. The van der Waals surface area contributed by atoms with Crippen LogP contribution in [0.15, 0.2) is 0 Å². The van der Waals surface area contributed by atoms with Crippen LogP contribution >= 0.6 is 0 Å². The third kappa shape index (κ3) is 46.7. The third-order valence-corrected chi connectivity index (χ3v) is 7.53. The van der Waals surface area contributed by atoms with E-state index in [0.29, 0.717) is 37.6 Å². The zero-order chi connectivity index (χ0) is 21.6. The predicted octanol–water partition coefficient (Wildman–Crippen LogP) is 5.06. The van der Waals surface area contributed by atoms with Crippen LogP contribution in [0.25, 0.3) is 0 Å². The number of aliphatic hydroxyl groups is 3. The molecule has 0 spiro atoms. The first-order chi connectivity index (χ1) is 12.0. The van der Waals surface area contributed by atoms with E-state index in [1.807, 2.05) is 41.5 Å². The van der Waals surface area contributed by atoms with Gasteiger partial charge in [-0.1, -0.05) is 81.6 Å². The number of rotatable bonds is 9. The van der Waals surface area contributed by atoms with Crippen molar-refractivity contribution in [3.8, 4) is 0 Å². The molecule has 0 aromatic carbocycles. The van der Waals surface area contributed by atoms with Crippen LogP contribution in [0.3, 0.4) is 0 Å². The third-order valence-electron chi connectivity index (χ3n) is 3.24. The zero-order valence-electron chi connectivity index (χ0n) is 19.9. The van der Waals surface area contributed by atoms with E-state index in [0.717, 1.165) is 37.4 Å². The average Bonchev–Trinajstić information content (AvgIpc) is 2.56. The van der Waals surface area contributed by atoms with Crippen molar-refractivity contribution in [1.29, 1.82) is 0 Å². The van der Waals surface area contributed by atoms with Crippen molar-refractivity contribution in [2.75, 3.05) is 19.8 Å². The Morgan fingerprint density at radius 2 is 0.704 bits per heavy atom. The van der Waals surface area contributed by atoms with Gasteiger partial charge < -0.3 is 20.1 Å². The van der Waals surface area contributed by atoms with Crippen LogP contribution in [0.2, 0.25) is 18.1 Å². The maximum atomic E-state index is 10.2. The van der Waals surface area contributed by atoms with Gasteiger partial charge in [-0.05, 0) is 35.9 Å². The summed E-state index contributed by atoms with van der Waals surface area (Å²) in [5, 5.41) is 24.4. The maximum Gasteiger partial charge on any atom is 0.188 e. The Balaban J connectivity index is -0.0000000858. The Morgan fingerprint density at radius 3 is 0.778 bits per heavy atom. The van der Waals surface area contributed by atoms with Gasteiger partial charge in [0.1, 0.15) is 0 Å². The van der Waals surface area contributed by atoms with Gasteiger partial charge in [-0.2, -0.15) is 0 Å². The fraction of sp³-hybridized carbons (Fsp3) is 1.00. The molecule has 0 aliphatic carbocycles. The van der Waals surface area contributed by atoms with Crippen molar-refractivity contribution in [3.05, 3.63) is 0 Å². The predicted molar refractivity (Wildman–Crippen MR) is 119 cm³/mol. The Kier molecular flexibility index (Phi) is 41.6. The summed E-state index contributed by atoms with van der Waals surface area (Å²) in [6, 6.07) is 3.32. The monoisotopic (exact) mass is 486 g/mol. The summed E-state index contributed by atoms with van der Waals surface area (Å²) in [7, 11) is -1.75. The fourth-order valence-electron chi connectivity index (χ4n) is 1.77. The van der Waals surface area contributed by atoms with Gasteiger partial charge in [0.05, 0.1) is 0 Å². The second kappa shape index (κ2) is 29.1. The molecule has 0 saturated carbocycles. The van der Waals surface area contributed by atoms with Gasteiger partial charge in [-0.3, -0.25) is 0 Å². The Bertz CT molecular complexity index is 204. The molecule has 0 heterocycles. The summed E-state index contributed by atoms with van der Waals surface area (Å²) in [6.07, 6.45) is 3.47. The van der Waals surface area contributed by atoms with Gasteiger partial charge in [0.2, 0.25) is 0 Å². The number of hydrogen-bond donors (Lipinski definition) is 4. The number of hydrogen-bond acceptors (Lipinski definition) is 4. The minimum Gasteiger partial charge on any atom is -0.432 e. The second-order valence-corrected chi connectivity index (χ2v) is 12.2. The Hall–Kier alpha value is 0.940. The second-order valence-electron chi connectivity index (χ2n) is 8.20. The Morgan fingerprint density at radius 1 is 0.556 bits per heavy atom. The molecule has 0 amide bonds. The van der Waals surface area contributed by atoms with E-state index in [1.54, 1.807) is 0 Å². The van der Waals surface area contributed by atoms with Crippen LogP contribution in [0, 0.1) is 17.8 Å². The molecule has 0 aromatic rings. The van der Waals surface area contributed by atoms with Crippen molar-refractivity contribution in [1.82, 2.24) is 0 Å². The summed E-state index contributed by atoms with van der Waals surface area (Å²) in [5.74, 6) is 1.32. The van der Waals surface area contributed by atoms with Crippen LogP contribution in [-0.2, 0) is 26.2 Å². The smallest absolute Gasteiger partial charge is 0.188 e. The van der Waals surface area contributed by atoms with Gasteiger partial charge in [-0.15, -0.1) is 0 Å². The summed E-state index contributed by atoms with van der Waals surface area (Å²) in [4.78, 5) is 10.2. The average molecular weight is 488 g/mol. The molecule has 0 unspecified atom stereocenters. The normalized spacial score (nSPS) is 10.2. The van der Waals surface area contributed by atoms with Gasteiger partial charge in [-0.25, -0.2) is 0 Å². The molecule has 0 atom stereocenters. The first kappa shape index (κ1) is 38.5. The quantitative estimate of drug-likeness (QED) is 0.343. The van der Waals surface area contributed by atoms with Crippen molar-refractivity contribution in [2.45, 2.75) is 99.7 Å². The van der Waals surface area contributed by atoms with Gasteiger partial charge in [0, 0.05) is 46.0 Å². The van der Waals surface area contributed by atoms with E-state index < -0.39 is 8.32 Å². The minimum absolute atomic E-state index is 0. The van der Waals surface area contributed by atoms with Gasteiger partial charge in [0.15, 0.2) is 8.32 Å². The minimum atomic E-state index is -1.75. The molecule has 27 heavy (non-hydrogen) atoms. The van der Waals surface area contributed by atoms with E-state index >= 15 is 0 Å². The van der Waals surface area contributed by atoms with Crippen LogP contribution in [0.1, 0.15) is 81.6 Å². The molecule has 0 aliphatic heterocycles. The largest absolute Gasteiger partial charge is 0.432 e. The molecule has 4 N–H and O–H groups in total. The summed E-state index contributed by atoms with van der Waals surface area (Å²) in [6.45, 7) is 19.3. The van der Waals surface area contributed by atoms with E-state index in [-0.39, 0.29) is 26.2 Å². The number of aliphatic hydroxyl groups excluding tert-OH is 3. The molecule has 6 heteroatoms. The maximum absolute atomic E-state index is 10.2. The van der Waals surface area contributed by atoms with E-state index in [4.69, 9.17) is 15.3 Å². The first-order valence-corrected chi connectivity index (χ1v) is 13.1. The van der Waals surface area contributed by atoms with Gasteiger partial charge >= 0.3 is 0 Å². The van der Waals surface area contributed by atoms with Crippen LogP contribution in [0.5, 0.6) is 0 Å². The molecule has 0 bridgehead atoms. The van der Waals surface area contributed by atoms with Crippen LogP contribution in [-0.4, -0.2) is 48.3 Å². The van der Waals surface area contributed by atoms with E-state index in [1.165, 1.54) is 0 Å². The zero-order valence-corrected chi connectivity index (χ0v) is 23.3. The topological polar surface area (TPSA) is 80.9 Å². The molecule has 0 aliphatic rings. The van der Waals surface area contributed by atoms with Crippen molar-refractivity contribution in [2.24, 2.45) is 17.8 Å². The molecule has 0 radical (unpaired) electrons. The van der Waals surface area contributed by atoms with Crippen LogP contribution < -0.4 is 0 Å². The van der Waals surface area contributed by atoms with Crippen LogP contribution in [0.4, 0.5) is 0 Å². The molecule has 4 nitrogen and oxygen atoms in total. The molecule has 0 fully saturated rings. The fourth-order valence-corrected chi connectivity index (χ4v) is 5.31. The van der Waals surface area contributed by atoms with Crippen molar-refractivity contribution in [3.63, 3.8) is 0 Å². The van der Waals surface area contributed by atoms with Crippen molar-refractivity contribution >= 4 is 8.32 Å². The van der Waals surface area contributed by atoms with Gasteiger partial charge in [0.25, 0.3) is 0 Å². The molecular formula is C21H52O4SiZr. The van der Waals surface area contributed by atoms with Crippen molar-refractivity contribution < 1.29 is 46.3 Å². The molecule has 0 saturated heterocycles. The summed E-state index contributed by atoms with van der Waals surface area (Å²) >= 11 is 0. The summed E-state index contributed by atoms with van der Waals surface area (Å²) in [5.41, 5.74) is 0. The van der Waals surface area contributed by atoms with E-state index in [9.17, 15) is 4.80 Å².